The van der Waals surface area contributed by atoms with E-state index in [2.05, 4.69) is 5.32 Å². The second-order valence-electron chi connectivity index (χ2n) is 5.79. The van der Waals surface area contributed by atoms with Crippen LogP contribution in [0.3, 0.4) is 0 Å². The van der Waals surface area contributed by atoms with Crippen LogP contribution in [0.5, 0.6) is 11.5 Å². The molecule has 0 fully saturated rings. The maximum absolute atomic E-state index is 12.1. The summed E-state index contributed by atoms with van der Waals surface area (Å²) in [5, 5.41) is 2.69. The highest BCUT2D eigenvalue weighted by atomic mass is 32.2. The van der Waals surface area contributed by atoms with Gasteiger partial charge in [0.15, 0.2) is 18.1 Å². The summed E-state index contributed by atoms with van der Waals surface area (Å²) in [5.74, 6) is 0.456. The largest absolute Gasteiger partial charge is 0.490 e. The predicted octanol–water partition coefficient (Wildman–Crippen LogP) is 4.07. The van der Waals surface area contributed by atoms with Gasteiger partial charge in [0, 0.05) is 16.6 Å². The first-order valence-corrected chi connectivity index (χ1v) is 10.1. The Bertz CT molecular complexity index is 809. The van der Waals surface area contributed by atoms with Crippen molar-refractivity contribution in [1.29, 1.82) is 0 Å². The van der Waals surface area contributed by atoms with Crippen molar-refractivity contribution in [3.05, 3.63) is 48.0 Å². The molecular formula is C21H25NO5S. The van der Waals surface area contributed by atoms with E-state index in [1.807, 2.05) is 45.0 Å². The van der Waals surface area contributed by atoms with E-state index in [1.54, 1.807) is 18.2 Å². The zero-order valence-corrected chi connectivity index (χ0v) is 17.1. The van der Waals surface area contributed by atoms with Gasteiger partial charge < -0.3 is 19.5 Å². The normalized spacial score (nSPS) is 10.2. The number of benzene rings is 2. The maximum Gasteiger partial charge on any atom is 0.316 e. The lowest BCUT2D eigenvalue weighted by Crippen LogP contribution is -2.21. The Hall–Kier alpha value is -2.67. The molecule has 1 amide bonds. The summed E-state index contributed by atoms with van der Waals surface area (Å²) in [4.78, 5) is 25.0. The minimum atomic E-state index is -0.440. The van der Waals surface area contributed by atoms with Crippen LogP contribution in [0.15, 0.2) is 47.4 Å². The standard InChI is InChI=1S/C21H25NO5S/c1-4-25-17-11-10-16(12-18(17)26-5-2)22-20(23)13-27-21(24)14-28-19-9-7-6-8-15(19)3/h6-12H,4-5,13-14H2,1-3H3,(H,22,23). The van der Waals surface area contributed by atoms with Gasteiger partial charge in [-0.25, -0.2) is 0 Å². The van der Waals surface area contributed by atoms with E-state index >= 15 is 0 Å². The lowest BCUT2D eigenvalue weighted by molar-refractivity contribution is -0.144. The number of carbonyl (C=O) groups excluding carboxylic acids is 2. The van der Waals surface area contributed by atoms with Crippen LogP contribution in [0.2, 0.25) is 0 Å². The van der Waals surface area contributed by atoms with E-state index in [1.165, 1.54) is 11.8 Å². The quantitative estimate of drug-likeness (QED) is 0.476. The molecule has 0 aliphatic heterocycles. The lowest BCUT2D eigenvalue weighted by atomic mass is 10.2. The predicted molar refractivity (Wildman–Crippen MR) is 110 cm³/mol. The minimum Gasteiger partial charge on any atom is -0.490 e. The first kappa shape index (κ1) is 21.6. The molecule has 0 aliphatic rings. The lowest BCUT2D eigenvalue weighted by Gasteiger charge is -2.13. The molecule has 0 aliphatic carbocycles. The van der Waals surface area contributed by atoms with Gasteiger partial charge in [0.25, 0.3) is 5.91 Å². The van der Waals surface area contributed by atoms with E-state index in [0.717, 1.165) is 10.5 Å². The number of rotatable bonds is 10. The summed E-state index contributed by atoms with van der Waals surface area (Å²) in [6, 6.07) is 12.9. The average molecular weight is 404 g/mol. The number of amides is 1. The fraction of sp³-hybridized carbons (Fsp3) is 0.333. The fourth-order valence-corrected chi connectivity index (χ4v) is 3.20. The molecule has 1 N–H and O–H groups in total. The Balaban J connectivity index is 1.82. The third-order valence-corrected chi connectivity index (χ3v) is 4.78. The van der Waals surface area contributed by atoms with Gasteiger partial charge in [-0.05, 0) is 44.5 Å². The number of anilines is 1. The topological polar surface area (TPSA) is 73.9 Å². The van der Waals surface area contributed by atoms with Gasteiger partial charge in [0.2, 0.25) is 0 Å². The summed E-state index contributed by atoms with van der Waals surface area (Å²) >= 11 is 1.39. The van der Waals surface area contributed by atoms with Gasteiger partial charge in [0.05, 0.1) is 19.0 Å². The Kier molecular flexibility index (Phi) is 8.68. The molecule has 0 spiro atoms. The number of ether oxygens (including phenoxy) is 3. The molecule has 2 aromatic carbocycles. The number of hydrogen-bond donors (Lipinski definition) is 1. The van der Waals surface area contributed by atoms with Crippen LogP contribution in [-0.4, -0.2) is 37.4 Å². The Morgan fingerprint density at radius 3 is 2.43 bits per heavy atom. The van der Waals surface area contributed by atoms with E-state index < -0.39 is 11.9 Å². The van der Waals surface area contributed by atoms with Gasteiger partial charge in [0.1, 0.15) is 0 Å². The summed E-state index contributed by atoms with van der Waals surface area (Å²) < 4.78 is 16.1. The molecule has 0 atom stereocenters. The van der Waals surface area contributed by atoms with E-state index in [4.69, 9.17) is 14.2 Å². The zero-order valence-electron chi connectivity index (χ0n) is 16.3. The summed E-state index contributed by atoms with van der Waals surface area (Å²) in [7, 11) is 0. The second kappa shape index (κ2) is 11.2. The molecule has 0 saturated carbocycles. The molecule has 0 unspecified atom stereocenters. The van der Waals surface area contributed by atoms with Crippen molar-refractivity contribution in [3.63, 3.8) is 0 Å². The third kappa shape index (κ3) is 6.81. The summed E-state index contributed by atoms with van der Waals surface area (Å²) in [6.45, 7) is 6.39. The number of hydrogen-bond acceptors (Lipinski definition) is 6. The molecule has 0 bridgehead atoms. The van der Waals surface area contributed by atoms with Gasteiger partial charge in [-0.2, -0.15) is 0 Å². The molecule has 150 valence electrons. The SMILES string of the molecule is CCOc1ccc(NC(=O)COC(=O)CSc2ccccc2C)cc1OCC. The van der Waals surface area contributed by atoms with Gasteiger partial charge in [-0.3, -0.25) is 9.59 Å². The molecule has 2 aromatic rings. The molecule has 6 nitrogen and oxygen atoms in total. The van der Waals surface area contributed by atoms with Gasteiger partial charge >= 0.3 is 5.97 Å². The Labute approximate surface area is 169 Å². The number of esters is 1. The van der Waals surface area contributed by atoms with Crippen molar-refractivity contribution in [3.8, 4) is 11.5 Å². The average Bonchev–Trinajstić information content (AvgIpc) is 2.68. The molecule has 28 heavy (non-hydrogen) atoms. The maximum atomic E-state index is 12.1. The van der Waals surface area contributed by atoms with Crippen LogP contribution < -0.4 is 14.8 Å². The molecule has 7 heteroatoms. The van der Waals surface area contributed by atoms with Crippen LogP contribution in [0.25, 0.3) is 0 Å². The fourth-order valence-electron chi connectivity index (χ4n) is 2.37. The highest BCUT2D eigenvalue weighted by Crippen LogP contribution is 2.30. The summed E-state index contributed by atoms with van der Waals surface area (Å²) in [6.07, 6.45) is 0. The Morgan fingerprint density at radius 1 is 1.00 bits per heavy atom. The van der Waals surface area contributed by atoms with Crippen molar-refractivity contribution >= 4 is 29.3 Å². The summed E-state index contributed by atoms with van der Waals surface area (Å²) in [5.41, 5.74) is 1.64. The van der Waals surface area contributed by atoms with Crippen molar-refractivity contribution < 1.29 is 23.8 Å². The molecular weight excluding hydrogens is 378 g/mol. The minimum absolute atomic E-state index is 0.148. The van der Waals surface area contributed by atoms with E-state index in [0.29, 0.717) is 30.4 Å². The van der Waals surface area contributed by atoms with Crippen molar-refractivity contribution in [1.82, 2.24) is 0 Å². The van der Waals surface area contributed by atoms with E-state index in [-0.39, 0.29) is 12.4 Å². The number of carbonyl (C=O) groups is 2. The molecule has 0 heterocycles. The molecule has 0 saturated heterocycles. The van der Waals surface area contributed by atoms with Crippen LogP contribution >= 0.6 is 11.8 Å². The highest BCUT2D eigenvalue weighted by Gasteiger charge is 2.11. The van der Waals surface area contributed by atoms with Gasteiger partial charge in [-0.1, -0.05) is 18.2 Å². The molecule has 0 radical (unpaired) electrons. The Morgan fingerprint density at radius 2 is 1.71 bits per heavy atom. The van der Waals surface area contributed by atoms with E-state index in [9.17, 15) is 9.59 Å². The number of nitrogens with one attached hydrogen (secondary N) is 1. The molecule has 2 rings (SSSR count). The monoisotopic (exact) mass is 403 g/mol. The highest BCUT2D eigenvalue weighted by molar-refractivity contribution is 8.00. The smallest absolute Gasteiger partial charge is 0.316 e. The first-order chi connectivity index (χ1) is 13.5. The van der Waals surface area contributed by atoms with Crippen LogP contribution in [0.4, 0.5) is 5.69 Å². The first-order valence-electron chi connectivity index (χ1n) is 9.07. The molecule has 0 aromatic heterocycles. The second-order valence-corrected chi connectivity index (χ2v) is 6.81. The van der Waals surface area contributed by atoms with Crippen molar-refractivity contribution in [2.24, 2.45) is 0 Å². The van der Waals surface area contributed by atoms with Crippen LogP contribution in [-0.2, 0) is 14.3 Å². The number of aryl methyl sites for hydroxylation is 1. The number of thioether (sulfide) groups is 1. The van der Waals surface area contributed by atoms with Crippen molar-refractivity contribution in [2.45, 2.75) is 25.7 Å². The van der Waals surface area contributed by atoms with Gasteiger partial charge in [-0.15, -0.1) is 11.8 Å². The van der Waals surface area contributed by atoms with Crippen LogP contribution in [0, 0.1) is 6.92 Å². The zero-order chi connectivity index (χ0) is 20.4. The van der Waals surface area contributed by atoms with Crippen molar-refractivity contribution in [2.75, 3.05) is 30.9 Å². The van der Waals surface area contributed by atoms with Crippen LogP contribution in [0.1, 0.15) is 19.4 Å². The third-order valence-electron chi connectivity index (χ3n) is 3.63.